The van der Waals surface area contributed by atoms with Gasteiger partial charge < -0.3 is 10.3 Å². The number of rotatable bonds is 3. The highest BCUT2D eigenvalue weighted by molar-refractivity contribution is 5.36. The average molecular weight is 185 g/mol. The van der Waals surface area contributed by atoms with E-state index in [0.717, 1.165) is 0 Å². The zero-order chi connectivity index (χ0) is 9.84. The summed E-state index contributed by atoms with van der Waals surface area (Å²) >= 11 is 0. The summed E-state index contributed by atoms with van der Waals surface area (Å²) in [6, 6.07) is 4.45. The van der Waals surface area contributed by atoms with Gasteiger partial charge in [-0.3, -0.25) is 0 Å². The van der Waals surface area contributed by atoms with Crippen molar-refractivity contribution in [2.45, 2.75) is 19.6 Å². The van der Waals surface area contributed by atoms with Crippen molar-refractivity contribution >= 4 is 0 Å². The van der Waals surface area contributed by atoms with Crippen LogP contribution in [-0.4, -0.2) is 10.3 Å². The summed E-state index contributed by atoms with van der Waals surface area (Å²) in [5.74, 6) is 0.0472. The molecule has 0 heterocycles. The normalized spacial score (nSPS) is 12.8. The summed E-state index contributed by atoms with van der Waals surface area (Å²) in [7, 11) is 0. The maximum Gasteiger partial charge on any atom is 0.122 e. The first kappa shape index (κ1) is 9.95. The summed E-state index contributed by atoms with van der Waals surface area (Å²) in [4.78, 5) is 0. The average Bonchev–Trinajstić information content (AvgIpc) is 2.08. The number of hydrogen-bond acceptors (Lipinski definition) is 3. The summed E-state index contributed by atoms with van der Waals surface area (Å²) in [6.07, 6.45) is -1.07. The van der Waals surface area contributed by atoms with Gasteiger partial charge in [0.1, 0.15) is 11.9 Å². The molecule has 0 aliphatic carbocycles. The lowest BCUT2D eigenvalue weighted by Crippen LogP contribution is -2.06. The Bertz CT molecular complexity index is 289. The molecule has 1 unspecified atom stereocenters. The third-order valence-electron chi connectivity index (χ3n) is 1.83. The molecule has 1 aromatic rings. The number of hydrogen-bond donors (Lipinski definition) is 3. The molecule has 1 rings (SSSR count). The van der Waals surface area contributed by atoms with Crippen molar-refractivity contribution in [3.05, 3.63) is 29.3 Å². The van der Waals surface area contributed by atoms with Gasteiger partial charge in [-0.15, -0.1) is 0 Å². The third kappa shape index (κ3) is 2.40. The van der Waals surface area contributed by atoms with E-state index in [1.165, 1.54) is 25.1 Å². The van der Waals surface area contributed by atoms with Crippen LogP contribution >= 0.6 is 0 Å². The van der Waals surface area contributed by atoms with Gasteiger partial charge in [-0.05, 0) is 24.6 Å². The van der Waals surface area contributed by atoms with Crippen molar-refractivity contribution in [3.8, 4) is 5.75 Å². The second kappa shape index (κ2) is 4.20. The Labute approximate surface area is 75.8 Å². The van der Waals surface area contributed by atoms with Crippen LogP contribution in [0.5, 0.6) is 5.75 Å². The van der Waals surface area contributed by atoms with Crippen LogP contribution in [0.25, 0.3) is 0 Å². The zero-order valence-corrected chi connectivity index (χ0v) is 7.29. The van der Waals surface area contributed by atoms with E-state index in [0.29, 0.717) is 11.1 Å². The predicted molar refractivity (Wildman–Crippen MR) is 46.3 cm³/mol. The van der Waals surface area contributed by atoms with Gasteiger partial charge in [-0.1, -0.05) is 6.07 Å². The SMILES string of the molecule is CC(F)c1ccc(O)c(CNO)c1. The minimum Gasteiger partial charge on any atom is -0.508 e. The quantitative estimate of drug-likeness (QED) is 0.630. The van der Waals surface area contributed by atoms with Gasteiger partial charge in [-0.2, -0.15) is 0 Å². The lowest BCUT2D eigenvalue weighted by atomic mass is 10.1. The number of benzene rings is 1. The van der Waals surface area contributed by atoms with E-state index >= 15 is 0 Å². The Morgan fingerprint density at radius 3 is 2.77 bits per heavy atom. The topological polar surface area (TPSA) is 52.5 Å². The van der Waals surface area contributed by atoms with Crippen LogP contribution in [0.1, 0.15) is 24.2 Å². The number of phenolic OH excluding ortho intramolecular Hbond substituents is 1. The second-order valence-electron chi connectivity index (χ2n) is 2.84. The van der Waals surface area contributed by atoms with E-state index in [1.54, 1.807) is 0 Å². The summed E-state index contributed by atoms with van der Waals surface area (Å²) in [6.45, 7) is 1.52. The monoisotopic (exact) mass is 185 g/mol. The molecule has 0 spiro atoms. The van der Waals surface area contributed by atoms with Crippen molar-refractivity contribution in [1.29, 1.82) is 0 Å². The van der Waals surface area contributed by atoms with Gasteiger partial charge in [-0.25, -0.2) is 9.87 Å². The highest BCUT2D eigenvalue weighted by atomic mass is 19.1. The molecule has 3 nitrogen and oxygen atoms in total. The molecule has 0 saturated carbocycles. The van der Waals surface area contributed by atoms with Crippen molar-refractivity contribution in [2.75, 3.05) is 0 Å². The Hall–Kier alpha value is -1.13. The highest BCUT2D eigenvalue weighted by Gasteiger charge is 2.06. The standard InChI is InChI=1S/C9H12FNO2/c1-6(10)7-2-3-9(12)8(4-7)5-11-13/h2-4,6,11-13H,5H2,1H3. The zero-order valence-electron chi connectivity index (χ0n) is 7.29. The molecule has 0 aliphatic rings. The molecule has 0 radical (unpaired) electrons. The molecule has 13 heavy (non-hydrogen) atoms. The number of phenols is 1. The second-order valence-corrected chi connectivity index (χ2v) is 2.84. The highest BCUT2D eigenvalue weighted by Crippen LogP contribution is 2.23. The van der Waals surface area contributed by atoms with Gasteiger partial charge >= 0.3 is 0 Å². The maximum absolute atomic E-state index is 12.8. The van der Waals surface area contributed by atoms with Crippen molar-refractivity contribution in [3.63, 3.8) is 0 Å². The van der Waals surface area contributed by atoms with Crippen molar-refractivity contribution < 1.29 is 14.7 Å². The van der Waals surface area contributed by atoms with Gasteiger partial charge in [0, 0.05) is 12.1 Å². The van der Waals surface area contributed by atoms with E-state index in [1.807, 2.05) is 5.48 Å². The lowest BCUT2D eigenvalue weighted by molar-refractivity contribution is 0.160. The number of alkyl halides is 1. The fourth-order valence-corrected chi connectivity index (χ4v) is 1.08. The van der Waals surface area contributed by atoms with E-state index < -0.39 is 6.17 Å². The summed E-state index contributed by atoms with van der Waals surface area (Å²) in [5.41, 5.74) is 2.87. The molecule has 0 aromatic heterocycles. The van der Waals surface area contributed by atoms with Crippen LogP contribution in [-0.2, 0) is 6.54 Å². The van der Waals surface area contributed by atoms with E-state index in [4.69, 9.17) is 5.21 Å². The smallest absolute Gasteiger partial charge is 0.122 e. The van der Waals surface area contributed by atoms with Crippen LogP contribution < -0.4 is 5.48 Å². The van der Waals surface area contributed by atoms with Gasteiger partial charge in [0.15, 0.2) is 0 Å². The van der Waals surface area contributed by atoms with Crippen molar-refractivity contribution in [1.82, 2.24) is 5.48 Å². The molecular formula is C9H12FNO2. The minimum atomic E-state index is -1.07. The van der Waals surface area contributed by atoms with Crippen molar-refractivity contribution in [2.24, 2.45) is 0 Å². The molecule has 1 aromatic carbocycles. The molecule has 0 aliphatic heterocycles. The van der Waals surface area contributed by atoms with Crippen LogP contribution in [0.3, 0.4) is 0 Å². The number of halogens is 1. The number of nitrogens with one attached hydrogen (secondary N) is 1. The molecule has 4 heteroatoms. The van der Waals surface area contributed by atoms with E-state index in [-0.39, 0.29) is 12.3 Å². The molecule has 72 valence electrons. The van der Waals surface area contributed by atoms with E-state index in [2.05, 4.69) is 0 Å². The Balaban J connectivity index is 2.97. The number of aromatic hydroxyl groups is 1. The van der Waals surface area contributed by atoms with Crippen LogP contribution in [0.2, 0.25) is 0 Å². The molecule has 3 N–H and O–H groups in total. The summed E-state index contributed by atoms with van der Waals surface area (Å²) < 4.78 is 12.8. The molecular weight excluding hydrogens is 173 g/mol. The lowest BCUT2D eigenvalue weighted by Gasteiger charge is -2.07. The first-order chi connectivity index (χ1) is 6.15. The third-order valence-corrected chi connectivity index (χ3v) is 1.83. The fourth-order valence-electron chi connectivity index (χ4n) is 1.08. The first-order valence-electron chi connectivity index (χ1n) is 3.98. The Morgan fingerprint density at radius 2 is 2.23 bits per heavy atom. The van der Waals surface area contributed by atoms with E-state index in [9.17, 15) is 9.50 Å². The Kier molecular flexibility index (Phi) is 3.22. The predicted octanol–water partition coefficient (Wildman–Crippen LogP) is 1.90. The fraction of sp³-hybridized carbons (Fsp3) is 0.333. The molecule has 0 bridgehead atoms. The summed E-state index contributed by atoms with van der Waals surface area (Å²) in [5, 5.41) is 17.7. The van der Waals surface area contributed by atoms with Crippen LogP contribution in [0.15, 0.2) is 18.2 Å². The maximum atomic E-state index is 12.8. The number of hydroxylamine groups is 1. The minimum absolute atomic E-state index is 0.0472. The largest absolute Gasteiger partial charge is 0.508 e. The van der Waals surface area contributed by atoms with Crippen LogP contribution in [0.4, 0.5) is 4.39 Å². The molecule has 0 amide bonds. The molecule has 0 fully saturated rings. The van der Waals surface area contributed by atoms with Gasteiger partial charge in [0.2, 0.25) is 0 Å². The molecule has 0 saturated heterocycles. The van der Waals surface area contributed by atoms with Gasteiger partial charge in [0.05, 0.1) is 0 Å². The van der Waals surface area contributed by atoms with Crippen LogP contribution in [0, 0.1) is 0 Å². The Morgan fingerprint density at radius 1 is 1.54 bits per heavy atom. The first-order valence-corrected chi connectivity index (χ1v) is 3.98. The van der Waals surface area contributed by atoms with Gasteiger partial charge in [0.25, 0.3) is 0 Å². The molecule has 1 atom stereocenters.